The van der Waals surface area contributed by atoms with E-state index < -0.39 is 0 Å². The standard InChI is InChI=1S/C32H32FN3O2/c33-26-19-17-25(18-20-26)32(37)34-21-7-1-2-16-31-35-28-13-5-6-14-29(28)36(31)22-9-23-38-30-15-8-11-24-10-3-4-12-27(24)30/h3-6,8,10-15,17-20H,1-2,7,9,16,21-23H2,(H,34,37). The lowest BCUT2D eigenvalue weighted by Crippen LogP contribution is -2.24. The monoisotopic (exact) mass is 509 g/mol. The third-order valence-electron chi connectivity index (χ3n) is 6.74. The summed E-state index contributed by atoms with van der Waals surface area (Å²) in [5.74, 6) is 1.50. The van der Waals surface area contributed by atoms with Crippen LogP contribution in [0.15, 0.2) is 91.0 Å². The Kier molecular flexibility index (Phi) is 8.29. The molecule has 0 radical (unpaired) electrons. The summed E-state index contributed by atoms with van der Waals surface area (Å²) in [7, 11) is 0. The summed E-state index contributed by atoms with van der Waals surface area (Å²) in [5, 5.41) is 5.23. The Hall–Kier alpha value is -4.19. The van der Waals surface area contributed by atoms with Gasteiger partial charge in [-0.15, -0.1) is 0 Å². The van der Waals surface area contributed by atoms with E-state index in [9.17, 15) is 9.18 Å². The van der Waals surface area contributed by atoms with E-state index in [2.05, 4.69) is 46.3 Å². The maximum atomic E-state index is 13.0. The van der Waals surface area contributed by atoms with E-state index in [4.69, 9.17) is 9.72 Å². The third-order valence-corrected chi connectivity index (χ3v) is 6.74. The number of hydrogen-bond acceptors (Lipinski definition) is 3. The maximum absolute atomic E-state index is 13.0. The van der Waals surface area contributed by atoms with Crippen molar-refractivity contribution < 1.29 is 13.9 Å². The first kappa shape index (κ1) is 25.5. The lowest BCUT2D eigenvalue weighted by Gasteiger charge is -2.12. The molecule has 5 aromatic rings. The van der Waals surface area contributed by atoms with Gasteiger partial charge in [0.25, 0.3) is 5.91 Å². The highest BCUT2D eigenvalue weighted by Gasteiger charge is 2.11. The lowest BCUT2D eigenvalue weighted by molar-refractivity contribution is 0.0953. The molecule has 0 atom stereocenters. The summed E-state index contributed by atoms with van der Waals surface area (Å²) >= 11 is 0. The molecule has 0 fully saturated rings. The summed E-state index contributed by atoms with van der Waals surface area (Å²) in [6.07, 6.45) is 4.61. The zero-order valence-electron chi connectivity index (χ0n) is 21.4. The molecule has 0 aliphatic carbocycles. The van der Waals surface area contributed by atoms with Crippen molar-refractivity contribution >= 4 is 27.7 Å². The number of rotatable bonds is 12. The largest absolute Gasteiger partial charge is 0.493 e. The average Bonchev–Trinajstić information content (AvgIpc) is 3.30. The molecule has 0 aliphatic rings. The van der Waals surface area contributed by atoms with E-state index in [0.717, 1.165) is 66.6 Å². The molecule has 4 aromatic carbocycles. The first-order chi connectivity index (χ1) is 18.7. The number of para-hydroxylation sites is 2. The van der Waals surface area contributed by atoms with Crippen LogP contribution >= 0.6 is 0 Å². The fraction of sp³-hybridized carbons (Fsp3) is 0.250. The number of ether oxygens (including phenoxy) is 1. The lowest BCUT2D eigenvalue weighted by atomic mass is 10.1. The van der Waals surface area contributed by atoms with Crippen LogP contribution in [0.25, 0.3) is 21.8 Å². The second kappa shape index (κ2) is 12.4. The van der Waals surface area contributed by atoms with Crippen LogP contribution in [-0.2, 0) is 13.0 Å². The van der Waals surface area contributed by atoms with E-state index in [0.29, 0.717) is 18.7 Å². The van der Waals surface area contributed by atoms with Gasteiger partial charge in [-0.25, -0.2) is 9.37 Å². The number of amides is 1. The van der Waals surface area contributed by atoms with Gasteiger partial charge < -0.3 is 14.6 Å². The summed E-state index contributed by atoms with van der Waals surface area (Å²) in [5.41, 5.74) is 2.65. The number of nitrogens with one attached hydrogen (secondary N) is 1. The highest BCUT2D eigenvalue weighted by Crippen LogP contribution is 2.25. The molecule has 5 rings (SSSR count). The Balaban J connectivity index is 1.11. The zero-order valence-corrected chi connectivity index (χ0v) is 21.4. The quantitative estimate of drug-likeness (QED) is 0.185. The van der Waals surface area contributed by atoms with Gasteiger partial charge in [-0.2, -0.15) is 0 Å². The van der Waals surface area contributed by atoms with E-state index in [-0.39, 0.29) is 11.7 Å². The van der Waals surface area contributed by atoms with Crippen molar-refractivity contribution in [2.75, 3.05) is 13.2 Å². The van der Waals surface area contributed by atoms with Crippen LogP contribution in [0.2, 0.25) is 0 Å². The van der Waals surface area contributed by atoms with Crippen molar-refractivity contribution in [1.29, 1.82) is 0 Å². The number of hydrogen-bond donors (Lipinski definition) is 1. The molecular formula is C32H32FN3O2. The number of nitrogens with zero attached hydrogens (tertiary/aromatic N) is 2. The minimum Gasteiger partial charge on any atom is -0.493 e. The van der Waals surface area contributed by atoms with Gasteiger partial charge in [0.1, 0.15) is 17.4 Å². The molecule has 1 heterocycles. The Labute approximate surface area is 222 Å². The normalized spacial score (nSPS) is 11.2. The van der Waals surface area contributed by atoms with E-state index in [1.807, 2.05) is 30.3 Å². The van der Waals surface area contributed by atoms with Gasteiger partial charge in [-0.05, 0) is 67.1 Å². The van der Waals surface area contributed by atoms with Crippen molar-refractivity contribution in [3.8, 4) is 5.75 Å². The highest BCUT2D eigenvalue weighted by molar-refractivity contribution is 5.94. The minimum atomic E-state index is -0.343. The number of carbonyl (C=O) groups excluding carboxylic acids is 1. The third kappa shape index (κ3) is 6.20. The Morgan fingerprint density at radius 1 is 0.842 bits per heavy atom. The molecule has 5 nitrogen and oxygen atoms in total. The van der Waals surface area contributed by atoms with Crippen LogP contribution in [0.1, 0.15) is 41.9 Å². The number of aromatic nitrogens is 2. The molecule has 0 spiro atoms. The number of aryl methyl sites for hydroxylation is 2. The molecule has 0 saturated heterocycles. The summed E-state index contributed by atoms with van der Waals surface area (Å²) < 4.78 is 21.5. The summed E-state index contributed by atoms with van der Waals surface area (Å²) in [6.45, 7) is 2.07. The summed E-state index contributed by atoms with van der Waals surface area (Å²) in [6, 6.07) is 28.3. The smallest absolute Gasteiger partial charge is 0.251 e. The van der Waals surface area contributed by atoms with Crippen LogP contribution < -0.4 is 10.1 Å². The molecule has 0 saturated carbocycles. The minimum absolute atomic E-state index is 0.169. The van der Waals surface area contributed by atoms with Gasteiger partial charge in [0.15, 0.2) is 0 Å². The van der Waals surface area contributed by atoms with Crippen molar-refractivity contribution in [1.82, 2.24) is 14.9 Å². The fourth-order valence-corrected chi connectivity index (χ4v) is 4.78. The Bertz CT molecular complexity index is 1510. The van der Waals surface area contributed by atoms with Crippen LogP contribution in [0.3, 0.4) is 0 Å². The van der Waals surface area contributed by atoms with Gasteiger partial charge in [0.05, 0.1) is 17.6 Å². The van der Waals surface area contributed by atoms with Gasteiger partial charge in [0, 0.05) is 30.5 Å². The molecule has 1 aromatic heterocycles. The first-order valence-corrected chi connectivity index (χ1v) is 13.3. The Morgan fingerprint density at radius 2 is 1.63 bits per heavy atom. The van der Waals surface area contributed by atoms with Gasteiger partial charge >= 0.3 is 0 Å². The van der Waals surface area contributed by atoms with Crippen molar-refractivity contribution in [3.05, 3.63) is 108 Å². The molecule has 6 heteroatoms. The number of fused-ring (bicyclic) bond motifs is 2. The number of carbonyl (C=O) groups is 1. The second-order valence-corrected chi connectivity index (χ2v) is 9.42. The van der Waals surface area contributed by atoms with Gasteiger partial charge in [0.2, 0.25) is 0 Å². The maximum Gasteiger partial charge on any atom is 0.251 e. The zero-order chi connectivity index (χ0) is 26.2. The van der Waals surface area contributed by atoms with Crippen molar-refractivity contribution in [2.24, 2.45) is 0 Å². The molecule has 38 heavy (non-hydrogen) atoms. The molecule has 194 valence electrons. The van der Waals surface area contributed by atoms with E-state index >= 15 is 0 Å². The van der Waals surface area contributed by atoms with Crippen LogP contribution in [-0.4, -0.2) is 28.6 Å². The predicted molar refractivity (Wildman–Crippen MR) is 150 cm³/mol. The van der Waals surface area contributed by atoms with Crippen LogP contribution in [0.5, 0.6) is 5.75 Å². The van der Waals surface area contributed by atoms with Gasteiger partial charge in [-0.1, -0.05) is 55.0 Å². The van der Waals surface area contributed by atoms with E-state index in [1.165, 1.54) is 29.7 Å². The van der Waals surface area contributed by atoms with Crippen LogP contribution in [0.4, 0.5) is 4.39 Å². The number of benzene rings is 4. The van der Waals surface area contributed by atoms with Crippen LogP contribution in [0, 0.1) is 5.82 Å². The number of unbranched alkanes of at least 4 members (excludes halogenated alkanes) is 2. The molecule has 1 amide bonds. The topological polar surface area (TPSA) is 56.2 Å². The number of imidazole rings is 1. The van der Waals surface area contributed by atoms with Crippen molar-refractivity contribution in [3.63, 3.8) is 0 Å². The Morgan fingerprint density at radius 3 is 2.53 bits per heavy atom. The average molecular weight is 510 g/mol. The molecule has 1 N–H and O–H groups in total. The number of halogens is 1. The van der Waals surface area contributed by atoms with E-state index in [1.54, 1.807) is 0 Å². The highest BCUT2D eigenvalue weighted by atomic mass is 19.1. The predicted octanol–water partition coefficient (Wildman–Crippen LogP) is 6.94. The van der Waals surface area contributed by atoms with Gasteiger partial charge in [-0.3, -0.25) is 4.79 Å². The molecule has 0 bridgehead atoms. The first-order valence-electron chi connectivity index (χ1n) is 13.3. The molecular weight excluding hydrogens is 477 g/mol. The molecule has 0 unspecified atom stereocenters. The fourth-order valence-electron chi connectivity index (χ4n) is 4.78. The summed E-state index contributed by atoms with van der Waals surface area (Å²) in [4.78, 5) is 17.1. The van der Waals surface area contributed by atoms with Crippen molar-refractivity contribution in [2.45, 2.75) is 38.6 Å². The SMILES string of the molecule is O=C(NCCCCCc1nc2ccccc2n1CCCOc1cccc2ccccc12)c1ccc(F)cc1. The second-order valence-electron chi connectivity index (χ2n) is 9.42. The molecule has 0 aliphatic heterocycles.